The minimum Gasteiger partial charge on any atom is -0.396 e. The molecule has 0 amide bonds. The SMILES string of the molecule is Cc1nn(-c2ccc(N)c(N)n2)c(C)c1Br. The van der Waals surface area contributed by atoms with Crippen LogP contribution in [-0.2, 0) is 0 Å². The monoisotopic (exact) mass is 281 g/mol. The third-order valence-electron chi connectivity index (χ3n) is 2.36. The van der Waals surface area contributed by atoms with Gasteiger partial charge in [0, 0.05) is 0 Å². The van der Waals surface area contributed by atoms with Crippen LogP contribution in [0.5, 0.6) is 0 Å². The Morgan fingerprint density at radius 2 is 1.94 bits per heavy atom. The third kappa shape index (κ3) is 1.65. The molecular formula is C10H12BrN5. The van der Waals surface area contributed by atoms with Crippen molar-refractivity contribution in [3.63, 3.8) is 0 Å². The Hall–Kier alpha value is -1.56. The number of pyridine rings is 1. The van der Waals surface area contributed by atoms with Crippen LogP contribution in [0.2, 0.25) is 0 Å². The van der Waals surface area contributed by atoms with Crippen LogP contribution < -0.4 is 11.5 Å². The Balaban J connectivity index is 2.59. The first-order valence-electron chi connectivity index (χ1n) is 4.75. The second-order valence-corrected chi connectivity index (χ2v) is 4.33. The Morgan fingerprint density at radius 3 is 2.44 bits per heavy atom. The zero-order valence-electron chi connectivity index (χ0n) is 9.03. The van der Waals surface area contributed by atoms with Crippen molar-refractivity contribution in [3.8, 4) is 5.82 Å². The number of nitrogen functional groups attached to an aromatic ring is 2. The molecule has 0 aliphatic rings. The number of nitrogens with zero attached hydrogens (tertiary/aromatic N) is 3. The van der Waals surface area contributed by atoms with E-state index in [1.807, 2.05) is 13.8 Å². The number of hydrogen-bond acceptors (Lipinski definition) is 4. The van der Waals surface area contributed by atoms with Crippen molar-refractivity contribution in [1.82, 2.24) is 14.8 Å². The van der Waals surface area contributed by atoms with E-state index in [0.29, 0.717) is 17.3 Å². The van der Waals surface area contributed by atoms with Gasteiger partial charge in [-0.05, 0) is 41.9 Å². The fraction of sp³-hybridized carbons (Fsp3) is 0.200. The second kappa shape index (κ2) is 3.79. The largest absolute Gasteiger partial charge is 0.396 e. The van der Waals surface area contributed by atoms with Gasteiger partial charge < -0.3 is 11.5 Å². The zero-order chi connectivity index (χ0) is 11.9. The Kier molecular flexibility index (Phi) is 2.59. The van der Waals surface area contributed by atoms with Crippen LogP contribution in [0.4, 0.5) is 11.5 Å². The van der Waals surface area contributed by atoms with Crippen molar-refractivity contribution in [2.45, 2.75) is 13.8 Å². The maximum atomic E-state index is 5.66. The molecule has 0 aliphatic carbocycles. The van der Waals surface area contributed by atoms with Crippen molar-refractivity contribution < 1.29 is 0 Å². The van der Waals surface area contributed by atoms with Crippen LogP contribution in [0.25, 0.3) is 5.82 Å². The molecule has 0 saturated carbocycles. The van der Waals surface area contributed by atoms with Crippen LogP contribution in [0, 0.1) is 13.8 Å². The van der Waals surface area contributed by atoms with Gasteiger partial charge in [0.1, 0.15) is 5.82 Å². The number of nitrogens with two attached hydrogens (primary N) is 2. The van der Waals surface area contributed by atoms with E-state index in [-0.39, 0.29) is 0 Å². The molecule has 0 radical (unpaired) electrons. The lowest BCUT2D eigenvalue weighted by Gasteiger charge is -2.05. The lowest BCUT2D eigenvalue weighted by atomic mass is 10.3. The number of rotatable bonds is 1. The summed E-state index contributed by atoms with van der Waals surface area (Å²) in [6, 6.07) is 3.51. The van der Waals surface area contributed by atoms with E-state index in [0.717, 1.165) is 15.9 Å². The Labute approximate surface area is 102 Å². The van der Waals surface area contributed by atoms with Gasteiger partial charge in [-0.15, -0.1) is 0 Å². The molecule has 0 saturated heterocycles. The fourth-order valence-corrected chi connectivity index (χ4v) is 1.69. The van der Waals surface area contributed by atoms with Gasteiger partial charge >= 0.3 is 0 Å². The van der Waals surface area contributed by atoms with Gasteiger partial charge in [0.15, 0.2) is 5.82 Å². The molecule has 2 aromatic rings. The highest BCUT2D eigenvalue weighted by atomic mass is 79.9. The fourth-order valence-electron chi connectivity index (χ4n) is 1.44. The quantitative estimate of drug-likeness (QED) is 0.835. The predicted molar refractivity (Wildman–Crippen MR) is 67.4 cm³/mol. The molecule has 2 aromatic heterocycles. The average molecular weight is 282 g/mol. The van der Waals surface area contributed by atoms with E-state index in [4.69, 9.17) is 11.5 Å². The molecule has 0 atom stereocenters. The highest BCUT2D eigenvalue weighted by molar-refractivity contribution is 9.10. The lowest BCUT2D eigenvalue weighted by Crippen LogP contribution is -2.05. The topological polar surface area (TPSA) is 82.8 Å². The number of aryl methyl sites for hydroxylation is 1. The molecule has 2 rings (SSSR count). The van der Waals surface area contributed by atoms with Crippen molar-refractivity contribution in [3.05, 3.63) is 28.0 Å². The van der Waals surface area contributed by atoms with Crippen LogP contribution in [0.3, 0.4) is 0 Å². The molecule has 2 heterocycles. The van der Waals surface area contributed by atoms with Gasteiger partial charge in [-0.3, -0.25) is 0 Å². The maximum Gasteiger partial charge on any atom is 0.156 e. The molecule has 0 bridgehead atoms. The van der Waals surface area contributed by atoms with Gasteiger partial charge in [0.2, 0.25) is 0 Å². The van der Waals surface area contributed by atoms with Crippen molar-refractivity contribution in [1.29, 1.82) is 0 Å². The summed E-state index contributed by atoms with van der Waals surface area (Å²) < 4.78 is 2.71. The summed E-state index contributed by atoms with van der Waals surface area (Å²) in [6.07, 6.45) is 0. The summed E-state index contributed by atoms with van der Waals surface area (Å²) in [4.78, 5) is 4.19. The van der Waals surface area contributed by atoms with E-state index in [2.05, 4.69) is 26.0 Å². The summed E-state index contributed by atoms with van der Waals surface area (Å²) >= 11 is 3.46. The number of anilines is 2. The van der Waals surface area contributed by atoms with E-state index in [9.17, 15) is 0 Å². The third-order valence-corrected chi connectivity index (χ3v) is 3.51. The minimum atomic E-state index is 0.321. The van der Waals surface area contributed by atoms with Crippen LogP contribution in [-0.4, -0.2) is 14.8 Å². The second-order valence-electron chi connectivity index (χ2n) is 3.54. The van der Waals surface area contributed by atoms with Crippen molar-refractivity contribution in [2.24, 2.45) is 0 Å². The number of aromatic nitrogens is 3. The normalized spacial score (nSPS) is 10.7. The summed E-state index contributed by atoms with van der Waals surface area (Å²) in [7, 11) is 0. The van der Waals surface area contributed by atoms with Gasteiger partial charge in [0.25, 0.3) is 0 Å². The van der Waals surface area contributed by atoms with Crippen LogP contribution in [0.15, 0.2) is 16.6 Å². The maximum absolute atomic E-state index is 5.66. The minimum absolute atomic E-state index is 0.321. The van der Waals surface area contributed by atoms with Crippen molar-refractivity contribution in [2.75, 3.05) is 11.5 Å². The summed E-state index contributed by atoms with van der Waals surface area (Å²) in [5.74, 6) is 0.985. The van der Waals surface area contributed by atoms with E-state index in [1.54, 1.807) is 16.8 Å². The van der Waals surface area contributed by atoms with E-state index < -0.39 is 0 Å². The van der Waals surface area contributed by atoms with Crippen LogP contribution in [0.1, 0.15) is 11.4 Å². The first-order chi connectivity index (χ1) is 7.50. The predicted octanol–water partition coefficient (Wildman–Crippen LogP) is 1.81. The Bertz CT molecular complexity index is 546. The zero-order valence-corrected chi connectivity index (χ0v) is 10.6. The number of hydrogen-bond donors (Lipinski definition) is 2. The molecular weight excluding hydrogens is 270 g/mol. The standard InChI is InChI=1S/C10H12BrN5/c1-5-9(11)6(2)16(15-5)8-4-3-7(12)10(13)14-8/h3-4H,12H2,1-2H3,(H2,13,14). The van der Waals surface area contributed by atoms with E-state index in [1.165, 1.54) is 0 Å². The molecule has 4 N–H and O–H groups in total. The molecule has 84 valence electrons. The van der Waals surface area contributed by atoms with Gasteiger partial charge in [0.05, 0.1) is 21.5 Å². The molecule has 0 aromatic carbocycles. The molecule has 0 fully saturated rings. The Morgan fingerprint density at radius 1 is 1.25 bits per heavy atom. The molecule has 5 nitrogen and oxygen atoms in total. The van der Waals surface area contributed by atoms with E-state index >= 15 is 0 Å². The average Bonchev–Trinajstić information content (AvgIpc) is 2.50. The summed E-state index contributed by atoms with van der Waals surface area (Å²) in [5, 5.41) is 4.36. The van der Waals surface area contributed by atoms with Crippen molar-refractivity contribution >= 4 is 27.4 Å². The molecule has 0 aliphatic heterocycles. The summed E-state index contributed by atoms with van der Waals surface area (Å²) in [6.45, 7) is 3.88. The molecule has 16 heavy (non-hydrogen) atoms. The molecule has 6 heteroatoms. The van der Waals surface area contributed by atoms with Gasteiger partial charge in [-0.25, -0.2) is 9.67 Å². The highest BCUT2D eigenvalue weighted by Gasteiger charge is 2.11. The first kappa shape index (κ1) is 10.9. The number of halogens is 1. The van der Waals surface area contributed by atoms with Gasteiger partial charge in [-0.2, -0.15) is 5.10 Å². The lowest BCUT2D eigenvalue weighted by molar-refractivity contribution is 0.808. The first-order valence-corrected chi connectivity index (χ1v) is 5.54. The molecule has 0 unspecified atom stereocenters. The summed E-state index contributed by atoms with van der Waals surface area (Å²) in [5.41, 5.74) is 13.6. The highest BCUT2D eigenvalue weighted by Crippen LogP contribution is 2.23. The smallest absolute Gasteiger partial charge is 0.156 e. The van der Waals surface area contributed by atoms with Gasteiger partial charge in [-0.1, -0.05) is 0 Å². The van der Waals surface area contributed by atoms with Crippen LogP contribution >= 0.6 is 15.9 Å². The molecule has 0 spiro atoms.